The molecule has 0 radical (unpaired) electrons. The molecule has 2 N–H and O–H groups in total. The molecular formula is C6H5N3S2. The van der Waals surface area contributed by atoms with Crippen LogP contribution in [0.25, 0.3) is 10.3 Å². The standard InChI is InChI=1S/C6H5N3S2/c7-6-9-5-4(11-6)1-3(10)2-8-5/h1-2,10H,(H2,7,8,9). The highest BCUT2D eigenvalue weighted by Gasteiger charge is 2.00. The van der Waals surface area contributed by atoms with E-state index in [9.17, 15) is 0 Å². The van der Waals surface area contributed by atoms with Crippen molar-refractivity contribution in [1.29, 1.82) is 0 Å². The van der Waals surface area contributed by atoms with Gasteiger partial charge >= 0.3 is 0 Å². The van der Waals surface area contributed by atoms with Gasteiger partial charge < -0.3 is 5.73 Å². The molecule has 2 heterocycles. The molecule has 0 saturated carbocycles. The molecule has 2 aromatic rings. The zero-order valence-electron chi connectivity index (χ0n) is 5.48. The van der Waals surface area contributed by atoms with Crippen molar-refractivity contribution in [2.75, 3.05) is 5.73 Å². The predicted molar refractivity (Wildman–Crippen MR) is 49.1 cm³/mol. The fourth-order valence-corrected chi connectivity index (χ4v) is 1.83. The Balaban J connectivity index is 2.82. The maximum Gasteiger partial charge on any atom is 0.182 e. The molecule has 5 heteroatoms. The van der Waals surface area contributed by atoms with E-state index in [-0.39, 0.29) is 0 Å². The van der Waals surface area contributed by atoms with E-state index < -0.39 is 0 Å². The third-order valence-electron chi connectivity index (χ3n) is 1.25. The van der Waals surface area contributed by atoms with Crippen LogP contribution in [0, 0.1) is 0 Å². The van der Waals surface area contributed by atoms with E-state index in [4.69, 9.17) is 5.73 Å². The molecule has 0 aliphatic heterocycles. The summed E-state index contributed by atoms with van der Waals surface area (Å²) in [5.74, 6) is 0. The maximum atomic E-state index is 5.48. The summed E-state index contributed by atoms with van der Waals surface area (Å²) in [5, 5.41) is 0.548. The number of thiazole rings is 1. The summed E-state index contributed by atoms with van der Waals surface area (Å²) in [5.41, 5.74) is 6.18. The molecule has 0 bridgehead atoms. The first-order valence-corrected chi connectivity index (χ1v) is 4.23. The van der Waals surface area contributed by atoms with Crippen LogP contribution in [0.3, 0.4) is 0 Å². The van der Waals surface area contributed by atoms with Crippen molar-refractivity contribution in [2.24, 2.45) is 0 Å². The molecule has 0 aliphatic carbocycles. The summed E-state index contributed by atoms with van der Waals surface area (Å²) >= 11 is 5.57. The van der Waals surface area contributed by atoms with Gasteiger partial charge in [0.25, 0.3) is 0 Å². The van der Waals surface area contributed by atoms with Crippen LogP contribution >= 0.6 is 24.0 Å². The van der Waals surface area contributed by atoms with Crippen molar-refractivity contribution >= 4 is 39.4 Å². The van der Waals surface area contributed by atoms with E-state index >= 15 is 0 Å². The molecule has 0 atom stereocenters. The molecule has 2 rings (SSSR count). The Labute approximate surface area is 72.7 Å². The molecule has 3 nitrogen and oxygen atoms in total. The summed E-state index contributed by atoms with van der Waals surface area (Å²) in [4.78, 5) is 8.88. The first-order chi connectivity index (χ1) is 5.25. The van der Waals surface area contributed by atoms with Gasteiger partial charge in [-0.15, -0.1) is 12.6 Å². The number of hydrogen-bond acceptors (Lipinski definition) is 5. The van der Waals surface area contributed by atoms with Gasteiger partial charge in [-0.1, -0.05) is 11.3 Å². The van der Waals surface area contributed by atoms with E-state index in [1.54, 1.807) is 6.20 Å². The normalized spacial score (nSPS) is 10.6. The van der Waals surface area contributed by atoms with Crippen molar-refractivity contribution in [3.05, 3.63) is 12.3 Å². The van der Waals surface area contributed by atoms with Gasteiger partial charge in [-0.05, 0) is 6.07 Å². The van der Waals surface area contributed by atoms with Crippen LogP contribution in [0.15, 0.2) is 17.2 Å². The molecular weight excluding hydrogens is 178 g/mol. The number of nitrogens with two attached hydrogens (primary N) is 1. The average molecular weight is 183 g/mol. The lowest BCUT2D eigenvalue weighted by atomic mass is 10.5. The third-order valence-corrected chi connectivity index (χ3v) is 2.31. The number of thiol groups is 1. The van der Waals surface area contributed by atoms with Crippen LogP contribution in [0.2, 0.25) is 0 Å². The minimum Gasteiger partial charge on any atom is -0.375 e. The monoisotopic (exact) mass is 183 g/mol. The van der Waals surface area contributed by atoms with Crippen molar-refractivity contribution in [2.45, 2.75) is 4.90 Å². The fraction of sp³-hybridized carbons (Fsp3) is 0. The van der Waals surface area contributed by atoms with E-state index in [2.05, 4.69) is 22.6 Å². The minimum absolute atomic E-state index is 0.548. The Morgan fingerprint density at radius 3 is 3.18 bits per heavy atom. The molecule has 0 aromatic carbocycles. The lowest BCUT2D eigenvalue weighted by Gasteiger charge is -1.86. The Hall–Kier alpha value is -0.810. The number of rotatable bonds is 0. The Bertz CT molecular complexity index is 396. The minimum atomic E-state index is 0.548. The van der Waals surface area contributed by atoms with E-state index in [0.717, 1.165) is 9.60 Å². The first kappa shape index (κ1) is 6.87. The highest BCUT2D eigenvalue weighted by atomic mass is 32.1. The Morgan fingerprint density at radius 2 is 2.36 bits per heavy atom. The predicted octanol–water partition coefficient (Wildman–Crippen LogP) is 1.56. The molecule has 56 valence electrons. The van der Waals surface area contributed by atoms with Gasteiger partial charge in [0.1, 0.15) is 0 Å². The quantitative estimate of drug-likeness (QED) is 0.609. The van der Waals surface area contributed by atoms with E-state index in [1.807, 2.05) is 6.07 Å². The number of hydrogen-bond donors (Lipinski definition) is 2. The summed E-state index contributed by atoms with van der Waals surface area (Å²) in [6, 6.07) is 1.90. The Morgan fingerprint density at radius 1 is 1.55 bits per heavy atom. The molecule has 0 saturated heterocycles. The molecule has 0 spiro atoms. The zero-order chi connectivity index (χ0) is 7.84. The molecule has 0 aliphatic rings. The second kappa shape index (κ2) is 2.35. The van der Waals surface area contributed by atoms with Gasteiger partial charge in [-0.25, -0.2) is 9.97 Å². The summed E-state index contributed by atoms with van der Waals surface area (Å²) < 4.78 is 0.981. The molecule has 0 fully saturated rings. The number of anilines is 1. The average Bonchev–Trinajstić information content (AvgIpc) is 2.27. The number of nitrogens with zero attached hydrogens (tertiary/aromatic N) is 2. The summed E-state index contributed by atoms with van der Waals surface area (Å²) in [6.07, 6.45) is 1.66. The van der Waals surface area contributed by atoms with Crippen LogP contribution < -0.4 is 5.73 Å². The van der Waals surface area contributed by atoms with Crippen LogP contribution in [0.5, 0.6) is 0 Å². The maximum absolute atomic E-state index is 5.48. The molecule has 0 unspecified atom stereocenters. The lowest BCUT2D eigenvalue weighted by Crippen LogP contribution is -1.80. The number of fused-ring (bicyclic) bond motifs is 1. The van der Waals surface area contributed by atoms with Crippen LogP contribution in [-0.4, -0.2) is 9.97 Å². The summed E-state index contributed by atoms with van der Waals surface area (Å²) in [6.45, 7) is 0. The van der Waals surface area contributed by atoms with Crippen molar-refractivity contribution in [3.8, 4) is 0 Å². The van der Waals surface area contributed by atoms with Gasteiger partial charge in [0.15, 0.2) is 10.8 Å². The zero-order valence-corrected chi connectivity index (χ0v) is 7.19. The number of pyridine rings is 1. The highest BCUT2D eigenvalue weighted by Crippen LogP contribution is 2.23. The lowest BCUT2D eigenvalue weighted by molar-refractivity contribution is 1.27. The second-order valence-electron chi connectivity index (χ2n) is 2.07. The van der Waals surface area contributed by atoms with E-state index in [1.165, 1.54) is 11.3 Å². The van der Waals surface area contributed by atoms with Crippen molar-refractivity contribution < 1.29 is 0 Å². The van der Waals surface area contributed by atoms with Crippen LogP contribution in [0.1, 0.15) is 0 Å². The van der Waals surface area contributed by atoms with Crippen LogP contribution in [0.4, 0.5) is 5.13 Å². The topological polar surface area (TPSA) is 51.8 Å². The molecule has 0 amide bonds. The van der Waals surface area contributed by atoms with Gasteiger partial charge in [0.2, 0.25) is 0 Å². The van der Waals surface area contributed by atoms with Crippen LogP contribution in [-0.2, 0) is 0 Å². The highest BCUT2D eigenvalue weighted by molar-refractivity contribution is 7.80. The third kappa shape index (κ3) is 1.17. The smallest absolute Gasteiger partial charge is 0.182 e. The number of nitrogen functional groups attached to an aromatic ring is 1. The fourth-order valence-electron chi connectivity index (χ4n) is 0.826. The SMILES string of the molecule is Nc1nc2ncc(S)cc2s1. The first-order valence-electron chi connectivity index (χ1n) is 2.97. The van der Waals surface area contributed by atoms with Gasteiger partial charge in [-0.3, -0.25) is 0 Å². The van der Waals surface area contributed by atoms with E-state index in [0.29, 0.717) is 10.8 Å². The van der Waals surface area contributed by atoms with Crippen molar-refractivity contribution in [1.82, 2.24) is 9.97 Å². The van der Waals surface area contributed by atoms with Gasteiger partial charge in [0, 0.05) is 11.1 Å². The largest absolute Gasteiger partial charge is 0.375 e. The molecule has 2 aromatic heterocycles. The van der Waals surface area contributed by atoms with Gasteiger partial charge in [0.05, 0.1) is 4.70 Å². The number of aromatic nitrogens is 2. The van der Waals surface area contributed by atoms with Gasteiger partial charge in [-0.2, -0.15) is 0 Å². The Kier molecular flexibility index (Phi) is 1.47. The second-order valence-corrected chi connectivity index (χ2v) is 3.65. The molecule has 11 heavy (non-hydrogen) atoms. The summed E-state index contributed by atoms with van der Waals surface area (Å²) in [7, 11) is 0. The van der Waals surface area contributed by atoms with Crippen molar-refractivity contribution in [3.63, 3.8) is 0 Å².